The van der Waals surface area contributed by atoms with Crippen LogP contribution in [0.25, 0.3) is 0 Å². The number of nitrogen functional groups attached to an aromatic ring is 1. The van der Waals surface area contributed by atoms with Gasteiger partial charge in [-0.25, -0.2) is 0 Å². The van der Waals surface area contributed by atoms with E-state index in [2.05, 4.69) is 15.8 Å². The zero-order chi connectivity index (χ0) is 22.7. The lowest BCUT2D eigenvalue weighted by molar-refractivity contribution is -0.130. The molecule has 1 saturated heterocycles. The molecule has 2 heterocycles. The number of aromatic nitrogens is 1. The first-order valence-electron chi connectivity index (χ1n) is 11.2. The number of nitrogens with zero attached hydrogens (tertiary/aromatic N) is 2. The van der Waals surface area contributed by atoms with E-state index >= 15 is 0 Å². The summed E-state index contributed by atoms with van der Waals surface area (Å²) in [5.74, 6) is -0.137. The van der Waals surface area contributed by atoms with Gasteiger partial charge in [0.05, 0.1) is 23.5 Å². The Balaban J connectivity index is 1.43. The average Bonchev–Trinajstić information content (AvgIpc) is 3.22. The van der Waals surface area contributed by atoms with Crippen LogP contribution in [0.3, 0.4) is 0 Å². The van der Waals surface area contributed by atoms with Crippen molar-refractivity contribution in [2.75, 3.05) is 23.7 Å². The molecule has 2 aliphatic rings. The summed E-state index contributed by atoms with van der Waals surface area (Å²) in [6.07, 6.45) is 3.65. The quantitative estimate of drug-likeness (QED) is 0.520. The van der Waals surface area contributed by atoms with E-state index in [-0.39, 0.29) is 11.6 Å². The zero-order valence-corrected chi connectivity index (χ0v) is 18.3. The van der Waals surface area contributed by atoms with E-state index in [1.54, 1.807) is 13.0 Å². The van der Waals surface area contributed by atoms with Crippen molar-refractivity contribution in [1.29, 1.82) is 0 Å². The average molecular weight is 442 g/mol. The molecule has 4 rings (SSSR count). The molecule has 1 aliphatic heterocycles. The van der Waals surface area contributed by atoms with E-state index < -0.39 is 23.6 Å². The van der Waals surface area contributed by atoms with Crippen LogP contribution in [0.2, 0.25) is 0 Å². The molecule has 2 atom stereocenters. The van der Waals surface area contributed by atoms with E-state index in [9.17, 15) is 14.7 Å². The molecule has 2 aromatic rings. The molecule has 0 spiro atoms. The summed E-state index contributed by atoms with van der Waals surface area (Å²) in [6, 6.07) is 8.71. The molecule has 2 amide bonds. The van der Waals surface area contributed by atoms with Crippen LogP contribution in [-0.2, 0) is 4.79 Å². The van der Waals surface area contributed by atoms with Gasteiger partial charge in [-0.05, 0) is 38.3 Å². The summed E-state index contributed by atoms with van der Waals surface area (Å²) in [5.41, 5.74) is 6.77. The highest BCUT2D eigenvalue weighted by Gasteiger charge is 2.43. The SMILES string of the molecule is Cc1cc(C(=O)NC2(C(=O)NC3CCN(c4ccccc4N)CC3O)CCCCC2)no1. The van der Waals surface area contributed by atoms with Crippen molar-refractivity contribution >= 4 is 23.2 Å². The van der Waals surface area contributed by atoms with Gasteiger partial charge in [-0.3, -0.25) is 9.59 Å². The standard InChI is InChI=1S/C23H31N5O4/c1-15-13-18(27-32-15)21(30)26-23(10-5-2-6-11-23)22(31)25-17-9-12-28(14-20(17)29)19-8-4-3-7-16(19)24/h3-4,7-8,13,17,20,29H,2,5-6,9-12,14,24H2,1H3,(H,25,31)(H,26,30). The molecule has 0 radical (unpaired) electrons. The minimum Gasteiger partial charge on any atom is -0.397 e. The number of rotatable bonds is 5. The summed E-state index contributed by atoms with van der Waals surface area (Å²) >= 11 is 0. The van der Waals surface area contributed by atoms with Gasteiger partial charge in [0, 0.05) is 19.2 Å². The van der Waals surface area contributed by atoms with E-state index in [4.69, 9.17) is 10.3 Å². The molecule has 2 unspecified atom stereocenters. The number of amides is 2. The highest BCUT2D eigenvalue weighted by Crippen LogP contribution is 2.30. The van der Waals surface area contributed by atoms with Crippen LogP contribution in [-0.4, -0.2) is 52.9 Å². The fraction of sp³-hybridized carbons (Fsp3) is 0.522. The molecule has 1 aromatic heterocycles. The molecule has 32 heavy (non-hydrogen) atoms. The van der Waals surface area contributed by atoms with Crippen LogP contribution in [0.15, 0.2) is 34.9 Å². The van der Waals surface area contributed by atoms with Crippen LogP contribution in [0.5, 0.6) is 0 Å². The molecule has 5 N–H and O–H groups in total. The first kappa shape index (κ1) is 22.1. The fourth-order valence-corrected chi connectivity index (χ4v) is 4.72. The normalized spacial score (nSPS) is 22.9. The zero-order valence-electron chi connectivity index (χ0n) is 18.3. The first-order chi connectivity index (χ1) is 15.4. The highest BCUT2D eigenvalue weighted by atomic mass is 16.5. The number of benzene rings is 1. The summed E-state index contributed by atoms with van der Waals surface area (Å²) < 4.78 is 5.00. The maximum Gasteiger partial charge on any atom is 0.274 e. The number of carbonyl (C=O) groups excluding carboxylic acids is 2. The number of aliphatic hydroxyl groups excluding tert-OH is 1. The van der Waals surface area contributed by atoms with Gasteiger partial charge in [0.2, 0.25) is 5.91 Å². The number of piperidine rings is 1. The van der Waals surface area contributed by atoms with E-state index in [0.29, 0.717) is 43.8 Å². The third kappa shape index (κ3) is 4.57. The molecule has 172 valence electrons. The van der Waals surface area contributed by atoms with Gasteiger partial charge in [0.15, 0.2) is 5.69 Å². The van der Waals surface area contributed by atoms with Crippen LogP contribution in [0.1, 0.15) is 54.8 Å². The molecular formula is C23H31N5O4. The summed E-state index contributed by atoms with van der Waals surface area (Å²) in [4.78, 5) is 28.2. The Hall–Kier alpha value is -3.07. The third-order valence-electron chi connectivity index (χ3n) is 6.53. The van der Waals surface area contributed by atoms with Crippen LogP contribution in [0.4, 0.5) is 11.4 Å². The molecule has 1 aromatic carbocycles. The maximum absolute atomic E-state index is 13.4. The number of aryl methyl sites for hydroxylation is 1. The number of hydrogen-bond acceptors (Lipinski definition) is 7. The maximum atomic E-state index is 13.4. The number of nitrogens with two attached hydrogens (primary N) is 1. The Kier molecular flexibility index (Phi) is 6.36. The van der Waals surface area contributed by atoms with Crippen molar-refractivity contribution in [1.82, 2.24) is 15.8 Å². The minimum atomic E-state index is -1.01. The van der Waals surface area contributed by atoms with Crippen LogP contribution >= 0.6 is 0 Å². The third-order valence-corrected chi connectivity index (χ3v) is 6.53. The monoisotopic (exact) mass is 441 g/mol. The van der Waals surface area contributed by atoms with Crippen molar-refractivity contribution in [3.05, 3.63) is 41.8 Å². The second-order valence-corrected chi connectivity index (χ2v) is 8.86. The number of nitrogens with one attached hydrogen (secondary N) is 2. The second-order valence-electron chi connectivity index (χ2n) is 8.86. The van der Waals surface area contributed by atoms with Gasteiger partial charge in [0.25, 0.3) is 5.91 Å². The molecule has 9 heteroatoms. The largest absolute Gasteiger partial charge is 0.397 e. The van der Waals surface area contributed by atoms with Crippen LogP contribution in [0, 0.1) is 6.92 Å². The Bertz CT molecular complexity index is 969. The summed E-state index contributed by atoms with van der Waals surface area (Å²) in [5, 5.41) is 20.5. The lowest BCUT2D eigenvalue weighted by Crippen LogP contribution is -2.64. The van der Waals surface area contributed by atoms with Gasteiger partial charge in [-0.15, -0.1) is 0 Å². The van der Waals surface area contributed by atoms with E-state index in [1.165, 1.54) is 0 Å². The number of β-amino-alcohol motifs (C(OH)–C–C–N with tert-alkyl or cyclic N) is 1. The molecular weight excluding hydrogens is 410 g/mol. The number of anilines is 2. The first-order valence-corrected chi connectivity index (χ1v) is 11.2. The van der Waals surface area contributed by atoms with E-state index in [0.717, 1.165) is 24.9 Å². The molecule has 0 bridgehead atoms. The van der Waals surface area contributed by atoms with Crippen molar-refractivity contribution < 1.29 is 19.2 Å². The highest BCUT2D eigenvalue weighted by molar-refractivity contribution is 5.98. The summed E-state index contributed by atoms with van der Waals surface area (Å²) in [7, 11) is 0. The second kappa shape index (κ2) is 9.20. The van der Waals surface area contributed by atoms with Crippen molar-refractivity contribution in [2.45, 2.75) is 63.1 Å². The van der Waals surface area contributed by atoms with Gasteiger partial charge >= 0.3 is 0 Å². The molecule has 9 nitrogen and oxygen atoms in total. The number of aliphatic hydroxyl groups is 1. The Morgan fingerprint density at radius 1 is 1.25 bits per heavy atom. The van der Waals surface area contributed by atoms with Gasteiger partial charge < -0.3 is 30.9 Å². The van der Waals surface area contributed by atoms with Crippen molar-refractivity contribution in [3.8, 4) is 0 Å². The van der Waals surface area contributed by atoms with Gasteiger partial charge in [-0.2, -0.15) is 0 Å². The van der Waals surface area contributed by atoms with Crippen LogP contribution < -0.4 is 21.3 Å². The van der Waals surface area contributed by atoms with Gasteiger partial charge in [0.1, 0.15) is 11.3 Å². The lowest BCUT2D eigenvalue weighted by atomic mass is 9.80. The Morgan fingerprint density at radius 2 is 2.00 bits per heavy atom. The minimum absolute atomic E-state index is 0.161. The number of para-hydroxylation sites is 2. The number of hydrogen-bond donors (Lipinski definition) is 4. The predicted octanol–water partition coefficient (Wildman–Crippen LogP) is 1.75. The smallest absolute Gasteiger partial charge is 0.274 e. The fourth-order valence-electron chi connectivity index (χ4n) is 4.72. The van der Waals surface area contributed by atoms with Crippen molar-refractivity contribution in [2.24, 2.45) is 0 Å². The Labute approximate surface area is 187 Å². The molecule has 1 saturated carbocycles. The summed E-state index contributed by atoms with van der Waals surface area (Å²) in [6.45, 7) is 2.74. The predicted molar refractivity (Wildman–Crippen MR) is 120 cm³/mol. The molecule has 1 aliphatic carbocycles. The topological polar surface area (TPSA) is 134 Å². The molecule has 2 fully saturated rings. The van der Waals surface area contributed by atoms with Gasteiger partial charge in [-0.1, -0.05) is 36.6 Å². The van der Waals surface area contributed by atoms with Crippen molar-refractivity contribution in [3.63, 3.8) is 0 Å². The van der Waals surface area contributed by atoms with E-state index in [1.807, 2.05) is 29.2 Å². The number of carbonyl (C=O) groups is 2. The Morgan fingerprint density at radius 3 is 2.66 bits per heavy atom. The lowest BCUT2D eigenvalue weighted by Gasteiger charge is -2.41.